The number of hydrogen-bond acceptors (Lipinski definition) is 5. The van der Waals surface area contributed by atoms with Crippen LogP contribution in [0.3, 0.4) is 0 Å². The molecule has 3 N–H and O–H groups in total. The first-order valence-electron chi connectivity index (χ1n) is 5.55. The van der Waals surface area contributed by atoms with Gasteiger partial charge in [0.25, 0.3) is 0 Å². The summed E-state index contributed by atoms with van der Waals surface area (Å²) in [6.45, 7) is 0. The van der Waals surface area contributed by atoms with Gasteiger partial charge in [-0.3, -0.25) is 4.79 Å². The van der Waals surface area contributed by atoms with Crippen molar-refractivity contribution in [2.24, 2.45) is 0 Å². The third kappa shape index (κ3) is 1.45. The molecule has 1 aromatic rings. The summed E-state index contributed by atoms with van der Waals surface area (Å²) in [6, 6.07) is 2.87. The number of Topliss-reactive ketones (excluding diaryl/α,β-unsaturated/α-hetero) is 1. The minimum absolute atomic E-state index is 0.00387. The Morgan fingerprint density at radius 3 is 2.53 bits per heavy atom. The van der Waals surface area contributed by atoms with Crippen molar-refractivity contribution in [3.8, 4) is 11.5 Å². The second kappa shape index (κ2) is 3.65. The largest absolute Gasteiger partial charge is 0.508 e. The zero-order valence-corrected chi connectivity index (χ0v) is 9.97. The van der Waals surface area contributed by atoms with E-state index in [2.05, 4.69) is 0 Å². The van der Waals surface area contributed by atoms with E-state index in [1.165, 1.54) is 25.3 Å². The second-order valence-electron chi connectivity index (χ2n) is 4.29. The second-order valence-corrected chi connectivity index (χ2v) is 4.29. The highest BCUT2D eigenvalue weighted by Gasteiger charge is 2.34. The average Bonchev–Trinajstić information content (AvgIpc) is 2.74. The van der Waals surface area contributed by atoms with Gasteiger partial charge in [0.05, 0.1) is 7.11 Å². The van der Waals surface area contributed by atoms with Gasteiger partial charge in [-0.1, -0.05) is 0 Å². The van der Waals surface area contributed by atoms with Crippen LogP contribution in [0.15, 0.2) is 35.3 Å². The predicted octanol–water partition coefficient (Wildman–Crippen LogP) is 2.09. The van der Waals surface area contributed by atoms with Gasteiger partial charge < -0.3 is 20.1 Å². The van der Waals surface area contributed by atoms with Crippen LogP contribution in [0.5, 0.6) is 11.5 Å². The standard InChI is InChI=1S/C14H10O5/c1-19-11-4-7(15)2-6-3-8-13(12(6)11)9(16)5-10(17)14(8)18/h2-5,15-17H,1H3. The van der Waals surface area contributed by atoms with E-state index in [-0.39, 0.29) is 17.1 Å². The van der Waals surface area contributed by atoms with E-state index in [9.17, 15) is 20.1 Å². The molecular weight excluding hydrogens is 248 g/mol. The molecule has 3 rings (SSSR count). The molecule has 0 amide bonds. The molecule has 0 saturated heterocycles. The van der Waals surface area contributed by atoms with Gasteiger partial charge in [-0.05, 0) is 17.7 Å². The van der Waals surface area contributed by atoms with Crippen LogP contribution in [0.1, 0.15) is 11.1 Å². The van der Waals surface area contributed by atoms with E-state index in [1.54, 1.807) is 0 Å². The van der Waals surface area contributed by atoms with Gasteiger partial charge in [0.1, 0.15) is 17.3 Å². The van der Waals surface area contributed by atoms with Crippen molar-refractivity contribution in [2.75, 3.05) is 7.11 Å². The summed E-state index contributed by atoms with van der Waals surface area (Å²) < 4.78 is 5.16. The molecule has 0 radical (unpaired) electrons. The summed E-state index contributed by atoms with van der Waals surface area (Å²) in [5.74, 6) is -0.929. The first-order chi connectivity index (χ1) is 9.02. The molecule has 0 aromatic heterocycles. The fourth-order valence-corrected chi connectivity index (χ4v) is 2.38. The van der Waals surface area contributed by atoms with Crippen LogP contribution in [0.4, 0.5) is 0 Å². The molecular formula is C14H10O5. The number of rotatable bonds is 1. The molecule has 1 aromatic carbocycles. The van der Waals surface area contributed by atoms with Crippen LogP contribution in [-0.4, -0.2) is 28.2 Å². The molecule has 0 heterocycles. The maximum atomic E-state index is 11.9. The predicted molar refractivity (Wildman–Crippen MR) is 67.9 cm³/mol. The van der Waals surface area contributed by atoms with Crippen LogP contribution < -0.4 is 4.74 Å². The Bertz CT molecular complexity index is 707. The van der Waals surface area contributed by atoms with Gasteiger partial charge in [0.2, 0.25) is 5.78 Å². The number of carbonyl (C=O) groups excluding carboxylic acids is 1. The van der Waals surface area contributed by atoms with Crippen LogP contribution in [0, 0.1) is 0 Å². The lowest BCUT2D eigenvalue weighted by atomic mass is 9.93. The molecule has 0 atom stereocenters. The summed E-state index contributed by atoms with van der Waals surface area (Å²) in [5, 5.41) is 29.0. The van der Waals surface area contributed by atoms with Crippen LogP contribution in [-0.2, 0) is 4.79 Å². The van der Waals surface area contributed by atoms with Gasteiger partial charge >= 0.3 is 0 Å². The first kappa shape index (κ1) is 11.4. The highest BCUT2D eigenvalue weighted by atomic mass is 16.5. The van der Waals surface area contributed by atoms with Crippen molar-refractivity contribution in [1.82, 2.24) is 0 Å². The molecule has 0 bridgehead atoms. The zero-order chi connectivity index (χ0) is 13.7. The SMILES string of the molecule is COc1cc(O)cc2c1C1=C(O)C=C(O)C(=O)C1=C2. The maximum absolute atomic E-state index is 11.9. The molecule has 5 heteroatoms. The van der Waals surface area contributed by atoms with Gasteiger partial charge in [0, 0.05) is 28.9 Å². The van der Waals surface area contributed by atoms with Crippen molar-refractivity contribution in [2.45, 2.75) is 0 Å². The molecule has 5 nitrogen and oxygen atoms in total. The smallest absolute Gasteiger partial charge is 0.228 e. The topological polar surface area (TPSA) is 87.0 Å². The minimum Gasteiger partial charge on any atom is -0.508 e. The summed E-state index contributed by atoms with van der Waals surface area (Å²) >= 11 is 0. The minimum atomic E-state index is -0.564. The summed E-state index contributed by atoms with van der Waals surface area (Å²) in [4.78, 5) is 11.9. The number of phenolic OH excluding ortho intramolecular Hbond substituents is 1. The third-order valence-electron chi connectivity index (χ3n) is 3.16. The number of carbonyl (C=O) groups is 1. The number of allylic oxidation sites excluding steroid dienone is 3. The van der Waals surface area contributed by atoms with E-state index in [1.807, 2.05) is 0 Å². The molecule has 0 fully saturated rings. The molecule has 2 aliphatic carbocycles. The van der Waals surface area contributed by atoms with Crippen LogP contribution in [0.25, 0.3) is 11.6 Å². The number of phenols is 1. The van der Waals surface area contributed by atoms with Crippen molar-refractivity contribution >= 4 is 17.4 Å². The van der Waals surface area contributed by atoms with Crippen molar-refractivity contribution in [1.29, 1.82) is 0 Å². The Labute approximate surface area is 108 Å². The average molecular weight is 258 g/mol. The normalized spacial score (nSPS) is 16.8. The number of hydrogen-bond donors (Lipinski definition) is 3. The maximum Gasteiger partial charge on any atom is 0.228 e. The number of methoxy groups -OCH3 is 1. The lowest BCUT2D eigenvalue weighted by Gasteiger charge is -2.15. The number of aliphatic hydroxyl groups excluding tert-OH is 2. The molecule has 0 spiro atoms. The monoisotopic (exact) mass is 258 g/mol. The zero-order valence-electron chi connectivity index (χ0n) is 9.97. The quantitative estimate of drug-likeness (QED) is 0.718. The Morgan fingerprint density at radius 2 is 1.84 bits per heavy atom. The first-order valence-corrected chi connectivity index (χ1v) is 5.55. The number of benzene rings is 1. The van der Waals surface area contributed by atoms with Crippen molar-refractivity contribution < 1.29 is 24.9 Å². The molecule has 0 aliphatic heterocycles. The molecule has 96 valence electrons. The van der Waals surface area contributed by atoms with E-state index in [0.717, 1.165) is 6.08 Å². The Balaban J connectivity index is 2.34. The van der Waals surface area contributed by atoms with Gasteiger partial charge in [-0.15, -0.1) is 0 Å². The Kier molecular flexibility index (Phi) is 2.19. The van der Waals surface area contributed by atoms with Gasteiger partial charge in [-0.2, -0.15) is 0 Å². The van der Waals surface area contributed by atoms with Crippen molar-refractivity contribution in [3.05, 3.63) is 46.4 Å². The highest BCUT2D eigenvalue weighted by Crippen LogP contribution is 2.46. The number of ether oxygens (including phenoxy) is 1. The number of aromatic hydroxyl groups is 1. The van der Waals surface area contributed by atoms with Gasteiger partial charge in [-0.25, -0.2) is 0 Å². The molecule has 19 heavy (non-hydrogen) atoms. The van der Waals surface area contributed by atoms with E-state index < -0.39 is 11.5 Å². The summed E-state index contributed by atoms with van der Waals surface area (Å²) in [7, 11) is 1.43. The summed E-state index contributed by atoms with van der Waals surface area (Å²) in [5.41, 5.74) is 1.60. The Morgan fingerprint density at radius 1 is 1.11 bits per heavy atom. The van der Waals surface area contributed by atoms with Crippen LogP contribution >= 0.6 is 0 Å². The van der Waals surface area contributed by atoms with E-state index in [0.29, 0.717) is 22.4 Å². The van der Waals surface area contributed by atoms with E-state index in [4.69, 9.17) is 4.74 Å². The lowest BCUT2D eigenvalue weighted by molar-refractivity contribution is -0.114. The molecule has 0 unspecified atom stereocenters. The van der Waals surface area contributed by atoms with Crippen LogP contribution in [0.2, 0.25) is 0 Å². The third-order valence-corrected chi connectivity index (χ3v) is 3.16. The lowest BCUT2D eigenvalue weighted by Crippen LogP contribution is -2.12. The number of ketones is 1. The summed E-state index contributed by atoms with van der Waals surface area (Å²) in [6.07, 6.45) is 2.52. The van der Waals surface area contributed by atoms with Gasteiger partial charge in [0.15, 0.2) is 5.76 Å². The molecule has 0 saturated carbocycles. The van der Waals surface area contributed by atoms with E-state index >= 15 is 0 Å². The molecule has 2 aliphatic rings. The highest BCUT2D eigenvalue weighted by molar-refractivity contribution is 6.25. The number of aliphatic hydroxyl groups is 2. The fourth-order valence-electron chi connectivity index (χ4n) is 2.38. The Hall–Kier alpha value is -2.69. The fraction of sp³-hybridized carbons (Fsp3) is 0.0714. The van der Waals surface area contributed by atoms with Crippen molar-refractivity contribution in [3.63, 3.8) is 0 Å². The number of fused-ring (bicyclic) bond motifs is 3.